The molecule has 1 aliphatic carbocycles. The second-order valence-corrected chi connectivity index (χ2v) is 6.79. The highest BCUT2D eigenvalue weighted by molar-refractivity contribution is 5.13. The van der Waals surface area contributed by atoms with Gasteiger partial charge in [0.15, 0.2) is 5.79 Å². The van der Waals surface area contributed by atoms with Crippen LogP contribution in [0.3, 0.4) is 0 Å². The molecule has 1 saturated carbocycles. The lowest BCUT2D eigenvalue weighted by Crippen LogP contribution is -2.39. The van der Waals surface area contributed by atoms with Gasteiger partial charge in [-0.05, 0) is 18.4 Å². The van der Waals surface area contributed by atoms with Crippen molar-refractivity contribution in [2.24, 2.45) is 5.92 Å². The summed E-state index contributed by atoms with van der Waals surface area (Å²) in [7, 11) is 0. The Bertz CT molecular complexity index is 493. The number of benzene rings is 1. The molecule has 1 spiro atoms. The summed E-state index contributed by atoms with van der Waals surface area (Å²) in [5.41, 5.74) is 1.18. The van der Waals surface area contributed by atoms with Crippen molar-refractivity contribution in [3.05, 3.63) is 48.6 Å². The van der Waals surface area contributed by atoms with E-state index in [2.05, 4.69) is 25.6 Å². The van der Waals surface area contributed by atoms with E-state index in [0.717, 1.165) is 12.8 Å². The molecule has 0 unspecified atom stereocenters. The van der Waals surface area contributed by atoms with Crippen molar-refractivity contribution < 1.29 is 14.2 Å². The fraction of sp³-hybridized carbons (Fsp3) is 0.600. The molecule has 2 aliphatic rings. The van der Waals surface area contributed by atoms with E-state index in [1.807, 2.05) is 24.3 Å². The van der Waals surface area contributed by atoms with Crippen LogP contribution in [0.25, 0.3) is 0 Å². The maximum atomic E-state index is 6.37. The van der Waals surface area contributed by atoms with Crippen molar-refractivity contribution in [1.29, 1.82) is 0 Å². The van der Waals surface area contributed by atoms with Gasteiger partial charge < -0.3 is 14.2 Å². The van der Waals surface area contributed by atoms with Crippen molar-refractivity contribution in [1.82, 2.24) is 0 Å². The third kappa shape index (κ3) is 4.03. The normalized spacial score (nSPS) is 26.0. The second kappa shape index (κ2) is 7.61. The van der Waals surface area contributed by atoms with Crippen molar-refractivity contribution >= 4 is 0 Å². The summed E-state index contributed by atoms with van der Waals surface area (Å²) in [6, 6.07) is 10.3. The van der Waals surface area contributed by atoms with Crippen molar-refractivity contribution in [2.75, 3.05) is 6.61 Å². The van der Waals surface area contributed by atoms with Crippen LogP contribution >= 0.6 is 0 Å². The molecule has 0 N–H and O–H groups in total. The number of ether oxygens (including phenoxy) is 3. The van der Waals surface area contributed by atoms with E-state index >= 15 is 0 Å². The lowest BCUT2D eigenvalue weighted by molar-refractivity contribution is -0.201. The smallest absolute Gasteiger partial charge is 0.169 e. The molecule has 3 nitrogen and oxygen atoms in total. The Morgan fingerprint density at radius 3 is 2.70 bits per heavy atom. The highest BCUT2D eigenvalue weighted by Gasteiger charge is 2.45. The van der Waals surface area contributed by atoms with Crippen LogP contribution in [-0.4, -0.2) is 24.6 Å². The van der Waals surface area contributed by atoms with Gasteiger partial charge >= 0.3 is 0 Å². The zero-order valence-electron chi connectivity index (χ0n) is 14.1. The molecule has 3 atom stereocenters. The summed E-state index contributed by atoms with van der Waals surface area (Å²) >= 11 is 0. The van der Waals surface area contributed by atoms with Crippen LogP contribution in [0.4, 0.5) is 0 Å². The number of hydrogen-bond donors (Lipinski definition) is 0. The molecule has 1 heterocycles. The fourth-order valence-electron chi connectivity index (χ4n) is 3.59. The Balaban J connectivity index is 1.63. The molecular weight excluding hydrogens is 288 g/mol. The Morgan fingerprint density at radius 1 is 1.26 bits per heavy atom. The van der Waals surface area contributed by atoms with Crippen LogP contribution in [-0.2, 0) is 20.8 Å². The molecule has 0 amide bonds. The zero-order chi connectivity index (χ0) is 16.1. The summed E-state index contributed by atoms with van der Waals surface area (Å²) in [5.74, 6) is -0.121. The van der Waals surface area contributed by atoms with Gasteiger partial charge in [-0.3, -0.25) is 0 Å². The molecule has 1 aromatic carbocycles. The Morgan fingerprint density at radius 2 is 2.00 bits per heavy atom. The van der Waals surface area contributed by atoms with Gasteiger partial charge in [0, 0.05) is 18.8 Å². The van der Waals surface area contributed by atoms with Gasteiger partial charge in [-0.1, -0.05) is 49.8 Å². The first-order valence-electron chi connectivity index (χ1n) is 8.82. The predicted molar refractivity (Wildman–Crippen MR) is 91.0 cm³/mol. The highest BCUT2D eigenvalue weighted by atomic mass is 16.8. The molecular formula is C20H28O3. The largest absolute Gasteiger partial charge is 0.370 e. The minimum Gasteiger partial charge on any atom is -0.370 e. The van der Waals surface area contributed by atoms with Crippen LogP contribution in [0.15, 0.2) is 43.0 Å². The van der Waals surface area contributed by atoms with Crippen LogP contribution in [0.5, 0.6) is 0 Å². The van der Waals surface area contributed by atoms with E-state index in [0.29, 0.717) is 13.2 Å². The molecule has 0 aromatic heterocycles. The van der Waals surface area contributed by atoms with Gasteiger partial charge in [0.25, 0.3) is 0 Å². The zero-order valence-corrected chi connectivity index (χ0v) is 14.1. The highest BCUT2D eigenvalue weighted by Crippen LogP contribution is 2.39. The molecule has 3 heteroatoms. The summed E-state index contributed by atoms with van der Waals surface area (Å²) in [5, 5.41) is 0. The van der Waals surface area contributed by atoms with Crippen molar-refractivity contribution in [3.63, 3.8) is 0 Å². The van der Waals surface area contributed by atoms with E-state index in [-0.39, 0.29) is 23.9 Å². The second-order valence-electron chi connectivity index (χ2n) is 6.79. The first kappa shape index (κ1) is 16.7. The first-order chi connectivity index (χ1) is 11.2. The third-order valence-electron chi connectivity index (χ3n) is 5.03. The van der Waals surface area contributed by atoms with Gasteiger partial charge in [-0.25, -0.2) is 0 Å². The van der Waals surface area contributed by atoms with Gasteiger partial charge in [0.2, 0.25) is 0 Å². The SMILES string of the molecule is C=C[C@@H](C)[C@@H](OCc1ccccc1)[C@H]1COC2(CCCCC2)O1. The van der Waals surface area contributed by atoms with E-state index in [1.54, 1.807) is 0 Å². The standard InChI is InChI=1S/C20H28O3/c1-3-16(2)19(21-14-17-10-6-4-7-11-17)18-15-22-20(23-18)12-8-5-9-13-20/h3-4,6-7,10-11,16,18-19H,1,5,8-9,12-15H2,2H3/t16-,18-,19-/m1/s1. The average Bonchev–Trinajstić information content (AvgIpc) is 2.99. The van der Waals surface area contributed by atoms with Gasteiger partial charge in [0.05, 0.1) is 19.3 Å². The maximum absolute atomic E-state index is 6.37. The van der Waals surface area contributed by atoms with Crippen molar-refractivity contribution in [2.45, 2.75) is 63.6 Å². The molecule has 2 fully saturated rings. The number of hydrogen-bond acceptors (Lipinski definition) is 3. The van der Waals surface area contributed by atoms with Gasteiger partial charge in [-0.2, -0.15) is 0 Å². The molecule has 1 aromatic rings. The molecule has 3 rings (SSSR count). The van der Waals surface area contributed by atoms with Crippen LogP contribution in [0.1, 0.15) is 44.6 Å². The quantitative estimate of drug-likeness (QED) is 0.725. The molecule has 0 radical (unpaired) electrons. The van der Waals surface area contributed by atoms with E-state index in [4.69, 9.17) is 14.2 Å². The Kier molecular flexibility index (Phi) is 5.52. The van der Waals surface area contributed by atoms with E-state index in [9.17, 15) is 0 Å². The fourth-order valence-corrected chi connectivity index (χ4v) is 3.59. The predicted octanol–water partition coefficient (Wildman–Crippen LogP) is 4.47. The van der Waals surface area contributed by atoms with E-state index < -0.39 is 0 Å². The third-order valence-corrected chi connectivity index (χ3v) is 5.03. The van der Waals surface area contributed by atoms with Gasteiger partial charge in [0.1, 0.15) is 6.10 Å². The summed E-state index contributed by atoms with van der Waals surface area (Å²) in [4.78, 5) is 0. The summed E-state index contributed by atoms with van der Waals surface area (Å²) in [6.07, 6.45) is 7.62. The summed E-state index contributed by atoms with van der Waals surface area (Å²) < 4.78 is 18.7. The maximum Gasteiger partial charge on any atom is 0.169 e. The Hall–Kier alpha value is -1.16. The van der Waals surface area contributed by atoms with E-state index in [1.165, 1.54) is 24.8 Å². The lowest BCUT2D eigenvalue weighted by Gasteiger charge is -2.33. The van der Waals surface area contributed by atoms with Crippen LogP contribution in [0.2, 0.25) is 0 Å². The lowest BCUT2D eigenvalue weighted by atomic mass is 9.94. The molecule has 1 saturated heterocycles. The summed E-state index contributed by atoms with van der Waals surface area (Å²) in [6.45, 7) is 7.29. The molecule has 126 valence electrons. The van der Waals surface area contributed by atoms with Gasteiger partial charge in [-0.15, -0.1) is 6.58 Å². The topological polar surface area (TPSA) is 27.7 Å². The monoisotopic (exact) mass is 316 g/mol. The minimum absolute atomic E-state index is 0.00943. The minimum atomic E-state index is -0.349. The van der Waals surface area contributed by atoms with Crippen LogP contribution < -0.4 is 0 Å². The first-order valence-corrected chi connectivity index (χ1v) is 8.82. The molecule has 23 heavy (non-hydrogen) atoms. The molecule has 1 aliphatic heterocycles. The number of rotatable bonds is 6. The Labute approximate surface area is 139 Å². The van der Waals surface area contributed by atoms with Crippen LogP contribution in [0, 0.1) is 5.92 Å². The van der Waals surface area contributed by atoms with Crippen molar-refractivity contribution in [3.8, 4) is 0 Å². The average molecular weight is 316 g/mol. The molecule has 0 bridgehead atoms.